The molecule has 0 aliphatic carbocycles. The molecule has 0 N–H and O–H groups in total. The smallest absolute Gasteiger partial charge is 0.340 e. The van der Waals surface area contributed by atoms with Gasteiger partial charge in [0.25, 0.3) is 0 Å². The zero-order valence-electron chi connectivity index (χ0n) is 15.3. The zero-order chi connectivity index (χ0) is 20.7. The summed E-state index contributed by atoms with van der Waals surface area (Å²) in [5.74, 6) is 0.0401. The third-order valence-electron chi connectivity index (χ3n) is 3.89. The largest absolute Gasteiger partial charge is 0.358 e. The first kappa shape index (κ1) is 21.0. The minimum atomic E-state index is -4.09. The predicted molar refractivity (Wildman–Crippen MR) is 112 cm³/mol. The number of aromatic nitrogens is 2. The van der Waals surface area contributed by atoms with E-state index in [1.807, 2.05) is 20.8 Å². The lowest BCUT2D eigenvalue weighted by molar-refractivity contribution is 0.464. The quantitative estimate of drug-likeness (QED) is 0.456. The van der Waals surface area contributed by atoms with Gasteiger partial charge in [-0.05, 0) is 42.5 Å². The fourth-order valence-corrected chi connectivity index (χ4v) is 3.68. The van der Waals surface area contributed by atoms with Gasteiger partial charge in [-0.3, -0.25) is 0 Å². The molecule has 0 radical (unpaired) electrons. The first-order valence-corrected chi connectivity index (χ1v) is 10.8. The van der Waals surface area contributed by atoms with Crippen LogP contribution in [0.3, 0.4) is 0 Å². The van der Waals surface area contributed by atoms with Crippen LogP contribution in [0.4, 0.5) is 0 Å². The SMILES string of the molecule is CC(C)(C)c1cc(OS(=O)(=O)c2ccc(Cl)cc2)n(-c2ccc(Cl)c(Cl)c2)n1. The van der Waals surface area contributed by atoms with Crippen LogP contribution in [0.2, 0.25) is 15.1 Å². The first-order valence-electron chi connectivity index (χ1n) is 8.23. The normalized spacial score (nSPS) is 12.2. The average Bonchev–Trinajstić information content (AvgIpc) is 3.01. The highest BCUT2D eigenvalue weighted by Gasteiger charge is 2.25. The van der Waals surface area contributed by atoms with Gasteiger partial charge < -0.3 is 4.18 Å². The fourth-order valence-electron chi connectivity index (χ4n) is 2.35. The van der Waals surface area contributed by atoms with E-state index in [4.69, 9.17) is 39.0 Å². The standard InChI is InChI=1S/C19H17Cl3N2O3S/c1-19(2,3)17-11-18(24(23-17)13-6-9-15(21)16(22)10-13)27-28(25,26)14-7-4-12(20)5-8-14/h4-11H,1-3H3. The Morgan fingerprint density at radius 1 is 0.929 bits per heavy atom. The van der Waals surface area contributed by atoms with Gasteiger partial charge in [0, 0.05) is 16.5 Å². The lowest BCUT2D eigenvalue weighted by Crippen LogP contribution is -2.13. The van der Waals surface area contributed by atoms with Crippen LogP contribution in [0.5, 0.6) is 5.88 Å². The molecule has 0 unspecified atom stereocenters. The molecule has 0 bridgehead atoms. The molecule has 0 atom stereocenters. The van der Waals surface area contributed by atoms with Gasteiger partial charge >= 0.3 is 10.1 Å². The van der Waals surface area contributed by atoms with Crippen molar-refractivity contribution < 1.29 is 12.6 Å². The molecular formula is C19H17Cl3N2O3S. The van der Waals surface area contributed by atoms with Crippen molar-refractivity contribution in [1.29, 1.82) is 0 Å². The fraction of sp³-hybridized carbons (Fsp3) is 0.211. The van der Waals surface area contributed by atoms with E-state index in [-0.39, 0.29) is 16.2 Å². The van der Waals surface area contributed by atoms with Crippen LogP contribution < -0.4 is 4.18 Å². The number of halogens is 3. The summed E-state index contributed by atoms with van der Waals surface area (Å²) in [6.45, 7) is 5.89. The summed E-state index contributed by atoms with van der Waals surface area (Å²) in [5, 5.41) is 5.64. The van der Waals surface area contributed by atoms with Crippen molar-refractivity contribution in [3.8, 4) is 11.6 Å². The first-order chi connectivity index (χ1) is 13.0. The van der Waals surface area contributed by atoms with Gasteiger partial charge in [-0.25, -0.2) is 0 Å². The van der Waals surface area contributed by atoms with E-state index in [1.54, 1.807) is 24.3 Å². The van der Waals surface area contributed by atoms with Crippen LogP contribution in [0, 0.1) is 0 Å². The van der Waals surface area contributed by atoms with Crippen LogP contribution in [-0.4, -0.2) is 18.2 Å². The Kier molecular flexibility index (Phi) is 5.69. The predicted octanol–water partition coefficient (Wildman–Crippen LogP) is 5.90. The van der Waals surface area contributed by atoms with Crippen molar-refractivity contribution in [2.75, 3.05) is 0 Å². The van der Waals surface area contributed by atoms with Gasteiger partial charge in [-0.2, -0.15) is 18.2 Å². The zero-order valence-corrected chi connectivity index (χ0v) is 18.4. The Bertz CT molecular complexity index is 1120. The van der Waals surface area contributed by atoms with Gasteiger partial charge in [0.2, 0.25) is 5.88 Å². The van der Waals surface area contributed by atoms with Crippen LogP contribution in [-0.2, 0) is 15.5 Å². The second-order valence-corrected chi connectivity index (χ2v) is 9.92. The minimum Gasteiger partial charge on any atom is -0.358 e. The van der Waals surface area contributed by atoms with Gasteiger partial charge in [0.05, 0.1) is 21.4 Å². The van der Waals surface area contributed by atoms with E-state index >= 15 is 0 Å². The van der Waals surface area contributed by atoms with Crippen LogP contribution in [0.15, 0.2) is 53.4 Å². The van der Waals surface area contributed by atoms with E-state index in [0.717, 1.165) is 0 Å². The molecule has 3 aromatic rings. The summed E-state index contributed by atoms with van der Waals surface area (Å²) in [6.07, 6.45) is 0. The number of benzene rings is 2. The number of hydrogen-bond donors (Lipinski definition) is 0. The van der Waals surface area contributed by atoms with Crippen molar-refractivity contribution in [2.24, 2.45) is 0 Å². The number of nitrogens with zero attached hydrogens (tertiary/aromatic N) is 2. The summed E-state index contributed by atoms with van der Waals surface area (Å²) in [6, 6.07) is 12.2. The Morgan fingerprint density at radius 2 is 1.57 bits per heavy atom. The van der Waals surface area contributed by atoms with E-state index in [2.05, 4.69) is 5.10 Å². The van der Waals surface area contributed by atoms with Crippen molar-refractivity contribution in [1.82, 2.24) is 9.78 Å². The van der Waals surface area contributed by atoms with E-state index in [0.29, 0.717) is 26.4 Å². The molecule has 0 saturated heterocycles. The summed E-state index contributed by atoms with van der Waals surface area (Å²) < 4.78 is 32.2. The minimum absolute atomic E-state index is 0.0175. The molecule has 1 aromatic heterocycles. The van der Waals surface area contributed by atoms with Crippen molar-refractivity contribution in [2.45, 2.75) is 31.1 Å². The maximum Gasteiger partial charge on any atom is 0.340 e. The maximum absolute atomic E-state index is 12.7. The van der Waals surface area contributed by atoms with Crippen LogP contribution >= 0.6 is 34.8 Å². The molecule has 3 rings (SSSR count). The van der Waals surface area contributed by atoms with Gasteiger partial charge in [-0.15, -0.1) is 0 Å². The molecule has 28 heavy (non-hydrogen) atoms. The van der Waals surface area contributed by atoms with E-state index < -0.39 is 10.1 Å². The van der Waals surface area contributed by atoms with Gasteiger partial charge in [0.15, 0.2) is 0 Å². The Morgan fingerprint density at radius 3 is 2.14 bits per heavy atom. The molecule has 0 aliphatic rings. The monoisotopic (exact) mass is 458 g/mol. The average molecular weight is 460 g/mol. The number of rotatable bonds is 4. The molecule has 9 heteroatoms. The lowest BCUT2D eigenvalue weighted by Gasteiger charge is -2.14. The Hall–Kier alpha value is -1.73. The molecule has 0 fully saturated rings. The van der Waals surface area contributed by atoms with Gasteiger partial charge in [-0.1, -0.05) is 55.6 Å². The summed E-state index contributed by atoms with van der Waals surface area (Å²) in [7, 11) is -4.09. The molecule has 0 aliphatic heterocycles. The summed E-state index contributed by atoms with van der Waals surface area (Å²) >= 11 is 17.9. The Balaban J connectivity index is 2.10. The second kappa shape index (κ2) is 7.59. The van der Waals surface area contributed by atoms with E-state index in [9.17, 15) is 8.42 Å². The highest BCUT2D eigenvalue weighted by atomic mass is 35.5. The molecule has 0 spiro atoms. The third kappa shape index (κ3) is 4.46. The molecule has 2 aromatic carbocycles. The molecule has 1 heterocycles. The highest BCUT2D eigenvalue weighted by molar-refractivity contribution is 7.87. The third-order valence-corrected chi connectivity index (χ3v) is 6.12. The van der Waals surface area contributed by atoms with Crippen LogP contribution in [0.25, 0.3) is 5.69 Å². The van der Waals surface area contributed by atoms with Gasteiger partial charge in [0.1, 0.15) is 4.90 Å². The molecule has 0 amide bonds. The topological polar surface area (TPSA) is 61.2 Å². The molecular weight excluding hydrogens is 443 g/mol. The Labute approximate surface area is 178 Å². The van der Waals surface area contributed by atoms with Crippen molar-refractivity contribution in [3.05, 3.63) is 69.3 Å². The molecule has 5 nitrogen and oxygen atoms in total. The van der Waals surface area contributed by atoms with Crippen molar-refractivity contribution in [3.63, 3.8) is 0 Å². The second-order valence-electron chi connectivity index (χ2n) is 7.12. The summed E-state index contributed by atoms with van der Waals surface area (Å²) in [5.41, 5.74) is 0.843. The molecule has 148 valence electrons. The van der Waals surface area contributed by atoms with E-state index in [1.165, 1.54) is 28.9 Å². The highest BCUT2D eigenvalue weighted by Crippen LogP contribution is 2.32. The van der Waals surface area contributed by atoms with Crippen molar-refractivity contribution >= 4 is 44.9 Å². The lowest BCUT2D eigenvalue weighted by atomic mass is 9.93. The summed E-state index contributed by atoms with van der Waals surface area (Å²) in [4.78, 5) is -0.0175. The number of hydrogen-bond acceptors (Lipinski definition) is 4. The molecule has 0 saturated carbocycles. The van der Waals surface area contributed by atoms with Crippen LogP contribution in [0.1, 0.15) is 26.5 Å². The maximum atomic E-state index is 12.7.